The van der Waals surface area contributed by atoms with Crippen molar-refractivity contribution in [1.82, 2.24) is 0 Å². The quantitative estimate of drug-likeness (QED) is 0.478. The molecule has 1 unspecified atom stereocenters. The molecule has 1 atom stereocenters. The third-order valence-electron chi connectivity index (χ3n) is 1.09. The Balaban J connectivity index is 0.000000640. The molecule has 2 heteroatoms. The van der Waals surface area contributed by atoms with E-state index in [0.29, 0.717) is 0 Å². The third kappa shape index (κ3) is 2.50. The molecule has 43 valence electrons. The summed E-state index contributed by atoms with van der Waals surface area (Å²) in [6.45, 7) is 3.61. The molecule has 0 heterocycles. The molecule has 1 nitrogen and oxygen atoms in total. The molecule has 1 rings (SSSR count). The van der Waals surface area contributed by atoms with Gasteiger partial charge < -0.3 is 5.11 Å². The first-order valence-electron chi connectivity index (χ1n) is 2.52. The van der Waals surface area contributed by atoms with Crippen LogP contribution in [0.5, 0.6) is 0 Å². The van der Waals surface area contributed by atoms with E-state index in [0.717, 1.165) is 5.57 Å². The maximum Gasteiger partial charge on any atom is 0.0969 e. The Morgan fingerprint density at radius 2 is 2.11 bits per heavy atom. The summed E-state index contributed by atoms with van der Waals surface area (Å²) < 4.78 is 0. The van der Waals surface area contributed by atoms with E-state index in [4.69, 9.17) is 5.11 Å². The maximum absolute atomic E-state index is 8.94. The Morgan fingerprint density at radius 3 is 2.44 bits per heavy atom. The number of hydrogen-bond donors (Lipinski definition) is 1. The van der Waals surface area contributed by atoms with Gasteiger partial charge in [0.1, 0.15) is 0 Å². The topological polar surface area (TPSA) is 20.2 Å². The first-order valence-corrected chi connectivity index (χ1v) is 2.52. The van der Waals surface area contributed by atoms with Gasteiger partial charge in [0.2, 0.25) is 0 Å². The van der Waals surface area contributed by atoms with Crippen LogP contribution in [-0.2, 0) is 0 Å². The predicted molar refractivity (Wildman–Crippen MR) is 39.2 cm³/mol. The molecule has 0 aromatic rings. The van der Waals surface area contributed by atoms with Crippen LogP contribution in [-0.4, -0.2) is 40.8 Å². The van der Waals surface area contributed by atoms with Crippen molar-refractivity contribution in [2.24, 2.45) is 0 Å². The summed E-state index contributed by atoms with van der Waals surface area (Å²) in [5.74, 6) is 0. The smallest absolute Gasteiger partial charge is 0.0969 e. The molecule has 0 aliphatic heterocycles. The third-order valence-corrected chi connectivity index (χ3v) is 1.09. The average molecular weight is 131 g/mol. The van der Waals surface area contributed by atoms with Crippen LogP contribution in [0, 0.1) is 0 Å². The minimum Gasteiger partial charge on any atom is -0.384 e. The number of aliphatic hydroxyl groups is 1. The Kier molecular flexibility index (Phi) is 4.15. The van der Waals surface area contributed by atoms with E-state index in [2.05, 4.69) is 6.58 Å². The zero-order chi connectivity index (χ0) is 5.98. The maximum atomic E-state index is 8.94. The van der Waals surface area contributed by atoms with Gasteiger partial charge >= 0.3 is 0 Å². The van der Waals surface area contributed by atoms with Crippen LogP contribution in [0.1, 0.15) is 0 Å². The van der Waals surface area contributed by atoms with Crippen LogP contribution < -0.4 is 0 Å². The molecule has 0 amide bonds. The van der Waals surface area contributed by atoms with Crippen LogP contribution in [0.15, 0.2) is 36.5 Å². The van der Waals surface area contributed by atoms with Crippen molar-refractivity contribution in [2.75, 3.05) is 0 Å². The molecule has 0 aromatic carbocycles. The van der Waals surface area contributed by atoms with Gasteiger partial charge in [0.05, 0.1) is 6.10 Å². The molecule has 0 saturated carbocycles. The van der Waals surface area contributed by atoms with Crippen molar-refractivity contribution < 1.29 is 5.11 Å². The molecular weight excluding hydrogens is 123 g/mol. The fraction of sp³-hybridized carbons (Fsp3) is 0.143. The van der Waals surface area contributed by atoms with Crippen molar-refractivity contribution in [3.63, 3.8) is 0 Å². The van der Waals surface area contributed by atoms with Gasteiger partial charge in [0.25, 0.3) is 0 Å². The van der Waals surface area contributed by atoms with Gasteiger partial charge in [-0.05, 0) is 5.57 Å². The molecule has 1 N–H and O–H groups in total. The molecule has 9 heavy (non-hydrogen) atoms. The minimum absolute atomic E-state index is 0. The number of aliphatic hydroxyl groups excluding tert-OH is 1. The minimum atomic E-state index is -0.458. The van der Waals surface area contributed by atoms with Gasteiger partial charge in [-0.2, -0.15) is 0 Å². The van der Waals surface area contributed by atoms with E-state index in [1.165, 1.54) is 0 Å². The average Bonchev–Trinajstić information content (AvgIpc) is 1.77. The molecule has 0 fully saturated rings. The SMILES string of the molecule is C=C1C=CC=CC1O.[Na]. The molecule has 0 saturated heterocycles. The second-order valence-electron chi connectivity index (χ2n) is 1.76. The second-order valence-corrected chi connectivity index (χ2v) is 1.76. The van der Waals surface area contributed by atoms with Gasteiger partial charge in [-0.1, -0.05) is 30.9 Å². The first kappa shape index (κ1) is 9.18. The summed E-state index contributed by atoms with van der Waals surface area (Å²) in [6, 6.07) is 0. The van der Waals surface area contributed by atoms with E-state index in [1.54, 1.807) is 18.2 Å². The summed E-state index contributed by atoms with van der Waals surface area (Å²) in [5, 5.41) is 8.94. The van der Waals surface area contributed by atoms with E-state index in [-0.39, 0.29) is 29.6 Å². The van der Waals surface area contributed by atoms with Gasteiger partial charge in [0.15, 0.2) is 0 Å². The fourth-order valence-electron chi connectivity index (χ4n) is 0.571. The second kappa shape index (κ2) is 4.07. The van der Waals surface area contributed by atoms with E-state index >= 15 is 0 Å². The molecule has 0 bridgehead atoms. The van der Waals surface area contributed by atoms with Gasteiger partial charge in [-0.25, -0.2) is 0 Å². The molecule has 1 aliphatic carbocycles. The van der Waals surface area contributed by atoms with E-state index in [9.17, 15) is 0 Å². The summed E-state index contributed by atoms with van der Waals surface area (Å²) in [6.07, 6.45) is 6.70. The van der Waals surface area contributed by atoms with E-state index in [1.807, 2.05) is 6.08 Å². The molecular formula is C7H8NaO. The zero-order valence-corrected chi connectivity index (χ0v) is 7.54. The number of rotatable bonds is 0. The normalized spacial score (nSPS) is 23.7. The fourth-order valence-corrected chi connectivity index (χ4v) is 0.571. The van der Waals surface area contributed by atoms with Crippen LogP contribution in [0.25, 0.3) is 0 Å². The summed E-state index contributed by atoms with van der Waals surface area (Å²) in [5.41, 5.74) is 0.757. The molecule has 1 aliphatic rings. The van der Waals surface area contributed by atoms with Crippen molar-refractivity contribution in [2.45, 2.75) is 6.10 Å². The van der Waals surface area contributed by atoms with Crippen molar-refractivity contribution >= 4 is 29.6 Å². The van der Waals surface area contributed by atoms with Gasteiger partial charge in [0, 0.05) is 29.6 Å². The van der Waals surface area contributed by atoms with Crippen molar-refractivity contribution in [3.05, 3.63) is 36.5 Å². The summed E-state index contributed by atoms with van der Waals surface area (Å²) in [7, 11) is 0. The molecule has 0 aromatic heterocycles. The van der Waals surface area contributed by atoms with Crippen molar-refractivity contribution in [3.8, 4) is 0 Å². The van der Waals surface area contributed by atoms with Crippen LogP contribution in [0.2, 0.25) is 0 Å². The number of hydrogen-bond acceptors (Lipinski definition) is 1. The van der Waals surface area contributed by atoms with Crippen LogP contribution >= 0.6 is 0 Å². The zero-order valence-electron chi connectivity index (χ0n) is 5.54. The Bertz CT molecular complexity index is 158. The van der Waals surface area contributed by atoms with Crippen molar-refractivity contribution in [1.29, 1.82) is 0 Å². The molecule has 1 radical (unpaired) electrons. The Hall–Kier alpha value is 0.180. The summed E-state index contributed by atoms with van der Waals surface area (Å²) >= 11 is 0. The van der Waals surface area contributed by atoms with Gasteiger partial charge in [-0.15, -0.1) is 0 Å². The standard InChI is InChI=1S/C7H8O.Na/c1-6-4-2-3-5-7(6)8;/h2-5,7-8H,1H2;. The van der Waals surface area contributed by atoms with Crippen LogP contribution in [0.3, 0.4) is 0 Å². The Morgan fingerprint density at radius 1 is 1.44 bits per heavy atom. The molecule has 0 spiro atoms. The summed E-state index contributed by atoms with van der Waals surface area (Å²) in [4.78, 5) is 0. The van der Waals surface area contributed by atoms with Crippen LogP contribution in [0.4, 0.5) is 0 Å². The Labute approximate surface area is 77.1 Å². The monoisotopic (exact) mass is 131 g/mol. The predicted octanol–water partition coefficient (Wildman–Crippen LogP) is 0.649. The first-order chi connectivity index (χ1) is 3.80. The van der Waals surface area contributed by atoms with E-state index < -0.39 is 6.10 Å². The van der Waals surface area contributed by atoms with Gasteiger partial charge in [-0.3, -0.25) is 0 Å². The largest absolute Gasteiger partial charge is 0.384 e. The number of allylic oxidation sites excluding steroid dienone is 2.